The van der Waals surface area contributed by atoms with E-state index in [9.17, 15) is 9.59 Å². The first kappa shape index (κ1) is 18.4. The SMILES string of the molecule is O=C(COC(=O)c1cccc2ccccc12)Nc1ccccc1-c1ccccc1. The molecule has 0 heterocycles. The van der Waals surface area contributed by atoms with Crippen LogP contribution < -0.4 is 5.32 Å². The van der Waals surface area contributed by atoms with Crippen LogP contribution in [0.1, 0.15) is 10.4 Å². The molecule has 0 fully saturated rings. The van der Waals surface area contributed by atoms with Crippen LogP contribution in [0.15, 0.2) is 97.1 Å². The van der Waals surface area contributed by atoms with Crippen LogP contribution in [0, 0.1) is 0 Å². The fraction of sp³-hybridized carbons (Fsp3) is 0.0400. The Morgan fingerprint density at radius 2 is 1.41 bits per heavy atom. The number of hydrogen-bond acceptors (Lipinski definition) is 3. The number of anilines is 1. The zero-order valence-corrected chi connectivity index (χ0v) is 15.7. The lowest BCUT2D eigenvalue weighted by molar-refractivity contribution is -0.119. The first-order valence-corrected chi connectivity index (χ1v) is 9.31. The van der Waals surface area contributed by atoms with Crippen molar-refractivity contribution in [2.24, 2.45) is 0 Å². The minimum absolute atomic E-state index is 0.356. The molecule has 4 aromatic carbocycles. The number of nitrogens with one attached hydrogen (secondary N) is 1. The highest BCUT2D eigenvalue weighted by atomic mass is 16.5. The highest BCUT2D eigenvalue weighted by molar-refractivity contribution is 6.05. The molecule has 0 aliphatic carbocycles. The molecule has 4 aromatic rings. The molecule has 4 rings (SSSR count). The predicted molar refractivity (Wildman–Crippen MR) is 115 cm³/mol. The van der Waals surface area contributed by atoms with E-state index < -0.39 is 5.97 Å². The van der Waals surface area contributed by atoms with Gasteiger partial charge in [-0.25, -0.2) is 4.79 Å². The van der Waals surface area contributed by atoms with Crippen molar-refractivity contribution in [3.63, 3.8) is 0 Å². The molecule has 0 aromatic heterocycles. The summed E-state index contributed by atoms with van der Waals surface area (Å²) in [4.78, 5) is 24.9. The second-order valence-corrected chi connectivity index (χ2v) is 6.56. The van der Waals surface area contributed by atoms with E-state index in [1.165, 1.54) is 0 Å². The molecule has 0 bridgehead atoms. The van der Waals surface area contributed by atoms with E-state index in [4.69, 9.17) is 4.74 Å². The van der Waals surface area contributed by atoms with E-state index >= 15 is 0 Å². The van der Waals surface area contributed by atoms with Crippen LogP contribution in [-0.4, -0.2) is 18.5 Å². The van der Waals surface area contributed by atoms with Crippen molar-refractivity contribution in [3.8, 4) is 11.1 Å². The van der Waals surface area contributed by atoms with Gasteiger partial charge in [-0.2, -0.15) is 0 Å². The smallest absolute Gasteiger partial charge is 0.339 e. The Labute approximate surface area is 168 Å². The molecular weight excluding hydrogens is 362 g/mol. The minimum atomic E-state index is -0.520. The van der Waals surface area contributed by atoms with Gasteiger partial charge >= 0.3 is 5.97 Å². The average Bonchev–Trinajstić information content (AvgIpc) is 2.78. The topological polar surface area (TPSA) is 55.4 Å². The van der Waals surface area contributed by atoms with E-state index in [1.54, 1.807) is 12.1 Å². The Morgan fingerprint density at radius 3 is 2.28 bits per heavy atom. The number of carbonyl (C=O) groups is 2. The zero-order chi connectivity index (χ0) is 20.1. The van der Waals surface area contributed by atoms with Gasteiger partial charge in [-0.15, -0.1) is 0 Å². The molecule has 29 heavy (non-hydrogen) atoms. The molecule has 0 spiro atoms. The van der Waals surface area contributed by atoms with E-state index in [-0.39, 0.29) is 12.5 Å². The number of para-hydroxylation sites is 1. The van der Waals surface area contributed by atoms with Crippen LogP contribution >= 0.6 is 0 Å². The van der Waals surface area contributed by atoms with Crippen LogP contribution in [0.5, 0.6) is 0 Å². The van der Waals surface area contributed by atoms with Crippen molar-refractivity contribution in [2.75, 3.05) is 11.9 Å². The maximum atomic E-state index is 12.5. The van der Waals surface area contributed by atoms with Crippen LogP contribution in [0.4, 0.5) is 5.69 Å². The minimum Gasteiger partial charge on any atom is -0.452 e. The third-order valence-electron chi connectivity index (χ3n) is 4.63. The highest BCUT2D eigenvalue weighted by Crippen LogP contribution is 2.27. The standard InChI is InChI=1S/C25H19NO3/c27-24(26-23-16-7-6-14-21(23)19-9-2-1-3-10-19)17-29-25(28)22-15-8-12-18-11-4-5-13-20(18)22/h1-16H,17H2,(H,26,27). The molecule has 0 aliphatic rings. The molecule has 4 heteroatoms. The molecule has 1 amide bonds. The fourth-order valence-corrected chi connectivity index (χ4v) is 3.26. The number of rotatable bonds is 5. The Balaban J connectivity index is 1.45. The molecule has 0 atom stereocenters. The Bertz CT molecular complexity index is 1160. The molecule has 142 valence electrons. The fourth-order valence-electron chi connectivity index (χ4n) is 3.26. The van der Waals surface area contributed by atoms with E-state index in [2.05, 4.69) is 5.32 Å². The van der Waals surface area contributed by atoms with Crippen molar-refractivity contribution in [2.45, 2.75) is 0 Å². The average molecular weight is 381 g/mol. The summed E-state index contributed by atoms with van der Waals surface area (Å²) in [5.41, 5.74) is 3.02. The molecule has 1 N–H and O–H groups in total. The van der Waals surface area contributed by atoms with E-state index in [0.717, 1.165) is 21.9 Å². The van der Waals surface area contributed by atoms with Gasteiger partial charge in [0, 0.05) is 11.3 Å². The van der Waals surface area contributed by atoms with Crippen molar-refractivity contribution < 1.29 is 14.3 Å². The van der Waals surface area contributed by atoms with Crippen molar-refractivity contribution >= 4 is 28.3 Å². The van der Waals surface area contributed by atoms with Gasteiger partial charge in [-0.05, 0) is 28.5 Å². The first-order chi connectivity index (χ1) is 14.2. The molecular formula is C25H19NO3. The zero-order valence-electron chi connectivity index (χ0n) is 15.7. The van der Waals surface area contributed by atoms with Crippen LogP contribution in [0.2, 0.25) is 0 Å². The Morgan fingerprint density at radius 1 is 0.724 bits per heavy atom. The largest absolute Gasteiger partial charge is 0.452 e. The molecule has 0 saturated heterocycles. The summed E-state index contributed by atoms with van der Waals surface area (Å²) >= 11 is 0. The number of fused-ring (bicyclic) bond motifs is 1. The summed E-state index contributed by atoms with van der Waals surface area (Å²) in [6.45, 7) is -0.356. The van der Waals surface area contributed by atoms with Crippen LogP contribution in [0.25, 0.3) is 21.9 Å². The van der Waals surface area contributed by atoms with Gasteiger partial charge in [-0.3, -0.25) is 4.79 Å². The number of ether oxygens (including phenoxy) is 1. The maximum Gasteiger partial charge on any atom is 0.339 e. The second-order valence-electron chi connectivity index (χ2n) is 6.56. The van der Waals surface area contributed by atoms with Crippen molar-refractivity contribution in [1.82, 2.24) is 0 Å². The number of hydrogen-bond donors (Lipinski definition) is 1. The Hall–Kier alpha value is -3.92. The summed E-state index contributed by atoms with van der Waals surface area (Å²) in [5.74, 6) is -0.907. The molecule has 0 saturated carbocycles. The third-order valence-corrected chi connectivity index (χ3v) is 4.63. The second kappa shape index (κ2) is 8.40. The summed E-state index contributed by atoms with van der Waals surface area (Å²) in [6.07, 6.45) is 0. The molecule has 0 radical (unpaired) electrons. The lowest BCUT2D eigenvalue weighted by Gasteiger charge is -2.12. The van der Waals surface area contributed by atoms with Gasteiger partial charge in [0.05, 0.1) is 5.56 Å². The van der Waals surface area contributed by atoms with Gasteiger partial charge < -0.3 is 10.1 Å². The summed E-state index contributed by atoms with van der Waals surface area (Å²) in [7, 11) is 0. The summed E-state index contributed by atoms with van der Waals surface area (Å²) in [5, 5.41) is 4.59. The predicted octanol–water partition coefficient (Wildman–Crippen LogP) is 5.30. The number of amides is 1. The van der Waals surface area contributed by atoms with Gasteiger partial charge in [0.1, 0.15) is 0 Å². The van der Waals surface area contributed by atoms with E-state index in [1.807, 2.05) is 84.9 Å². The van der Waals surface area contributed by atoms with Gasteiger partial charge in [0.15, 0.2) is 6.61 Å². The molecule has 0 aliphatic heterocycles. The summed E-state index contributed by atoms with van der Waals surface area (Å²) in [6, 6.07) is 30.3. The normalized spacial score (nSPS) is 10.5. The van der Waals surface area contributed by atoms with Gasteiger partial charge in [-0.1, -0.05) is 84.9 Å². The number of benzene rings is 4. The van der Waals surface area contributed by atoms with Crippen molar-refractivity contribution in [3.05, 3.63) is 103 Å². The maximum absolute atomic E-state index is 12.5. The monoisotopic (exact) mass is 381 g/mol. The molecule has 0 unspecified atom stereocenters. The number of esters is 1. The van der Waals surface area contributed by atoms with Gasteiger partial charge in [0.25, 0.3) is 5.91 Å². The highest BCUT2D eigenvalue weighted by Gasteiger charge is 2.14. The van der Waals surface area contributed by atoms with E-state index in [0.29, 0.717) is 11.3 Å². The lowest BCUT2D eigenvalue weighted by atomic mass is 10.0. The third kappa shape index (κ3) is 4.17. The van der Waals surface area contributed by atoms with Gasteiger partial charge in [0.2, 0.25) is 0 Å². The van der Waals surface area contributed by atoms with Crippen molar-refractivity contribution in [1.29, 1.82) is 0 Å². The Kier molecular flexibility index (Phi) is 5.34. The first-order valence-electron chi connectivity index (χ1n) is 9.31. The summed E-state index contributed by atoms with van der Waals surface area (Å²) < 4.78 is 5.26. The quantitative estimate of drug-likeness (QED) is 0.477. The van der Waals surface area contributed by atoms with Crippen LogP contribution in [-0.2, 0) is 9.53 Å². The molecule has 4 nitrogen and oxygen atoms in total. The number of carbonyl (C=O) groups excluding carboxylic acids is 2. The lowest BCUT2D eigenvalue weighted by Crippen LogP contribution is -2.21. The van der Waals surface area contributed by atoms with Crippen LogP contribution in [0.3, 0.4) is 0 Å².